The number of benzene rings is 2. The molecule has 8 heteroatoms. The van der Waals surface area contributed by atoms with Crippen molar-refractivity contribution in [2.75, 3.05) is 24.9 Å². The fraction of sp³-hybridized carbons (Fsp3) is 0.238. The first kappa shape index (κ1) is 20.7. The normalized spacial score (nSPS) is 10.5. The SMILES string of the molecule is COc1ccc(OC)c(NC(=O)Nc2c(C)nn(Cc3ccc(Br)cc3)c2C)c1. The van der Waals surface area contributed by atoms with Crippen LogP contribution in [0.1, 0.15) is 17.0 Å². The van der Waals surface area contributed by atoms with Gasteiger partial charge in [0.15, 0.2) is 0 Å². The highest BCUT2D eigenvalue weighted by Crippen LogP contribution is 2.29. The summed E-state index contributed by atoms with van der Waals surface area (Å²) in [6.07, 6.45) is 0. The minimum atomic E-state index is -0.383. The second-order valence-electron chi connectivity index (χ2n) is 6.48. The van der Waals surface area contributed by atoms with Crippen molar-refractivity contribution in [2.45, 2.75) is 20.4 Å². The molecular formula is C21H23BrN4O3. The molecule has 0 aliphatic carbocycles. The molecule has 29 heavy (non-hydrogen) atoms. The Bertz CT molecular complexity index is 1020. The molecule has 2 amide bonds. The Morgan fingerprint density at radius 1 is 1.07 bits per heavy atom. The zero-order valence-electron chi connectivity index (χ0n) is 16.7. The number of amides is 2. The summed E-state index contributed by atoms with van der Waals surface area (Å²) in [5, 5.41) is 10.3. The number of rotatable bonds is 6. The molecule has 0 atom stereocenters. The first-order valence-electron chi connectivity index (χ1n) is 8.99. The molecule has 0 saturated carbocycles. The van der Waals surface area contributed by atoms with Crippen LogP contribution in [0.3, 0.4) is 0 Å². The third kappa shape index (κ3) is 4.89. The maximum absolute atomic E-state index is 12.6. The highest BCUT2D eigenvalue weighted by molar-refractivity contribution is 9.10. The number of ether oxygens (including phenoxy) is 2. The zero-order chi connectivity index (χ0) is 21.0. The van der Waals surface area contributed by atoms with Crippen molar-refractivity contribution in [1.82, 2.24) is 9.78 Å². The van der Waals surface area contributed by atoms with Gasteiger partial charge in [-0.05, 0) is 43.7 Å². The summed E-state index contributed by atoms with van der Waals surface area (Å²) in [6, 6.07) is 12.9. The van der Waals surface area contributed by atoms with E-state index >= 15 is 0 Å². The van der Waals surface area contributed by atoms with E-state index in [0.29, 0.717) is 29.4 Å². The molecule has 1 aromatic heterocycles. The van der Waals surface area contributed by atoms with Gasteiger partial charge in [0.05, 0.1) is 43.5 Å². The van der Waals surface area contributed by atoms with Crippen LogP contribution in [0.5, 0.6) is 11.5 Å². The van der Waals surface area contributed by atoms with Crippen molar-refractivity contribution in [2.24, 2.45) is 0 Å². The summed E-state index contributed by atoms with van der Waals surface area (Å²) < 4.78 is 13.4. The van der Waals surface area contributed by atoms with E-state index in [0.717, 1.165) is 21.4 Å². The van der Waals surface area contributed by atoms with Crippen LogP contribution in [0.2, 0.25) is 0 Å². The van der Waals surface area contributed by atoms with Gasteiger partial charge in [0.1, 0.15) is 11.5 Å². The van der Waals surface area contributed by atoms with Gasteiger partial charge < -0.3 is 20.1 Å². The molecule has 1 heterocycles. The number of methoxy groups -OCH3 is 2. The van der Waals surface area contributed by atoms with Crippen LogP contribution < -0.4 is 20.1 Å². The molecule has 0 fully saturated rings. The largest absolute Gasteiger partial charge is 0.497 e. The average molecular weight is 459 g/mol. The van der Waals surface area contributed by atoms with Crippen LogP contribution in [0.4, 0.5) is 16.2 Å². The minimum absolute atomic E-state index is 0.383. The van der Waals surface area contributed by atoms with Crippen molar-refractivity contribution in [3.8, 4) is 11.5 Å². The summed E-state index contributed by atoms with van der Waals surface area (Å²) in [7, 11) is 3.11. The minimum Gasteiger partial charge on any atom is -0.497 e. The molecule has 0 spiro atoms. The molecule has 0 saturated heterocycles. The quantitative estimate of drug-likeness (QED) is 0.546. The number of hydrogen-bond acceptors (Lipinski definition) is 4. The molecule has 0 radical (unpaired) electrons. The molecule has 0 unspecified atom stereocenters. The van der Waals surface area contributed by atoms with Gasteiger partial charge in [-0.2, -0.15) is 5.10 Å². The summed E-state index contributed by atoms with van der Waals surface area (Å²) in [4.78, 5) is 12.6. The molecule has 0 aliphatic heterocycles. The summed E-state index contributed by atoms with van der Waals surface area (Å²) >= 11 is 3.44. The maximum Gasteiger partial charge on any atom is 0.323 e. The number of aryl methyl sites for hydroxylation is 1. The number of anilines is 2. The monoisotopic (exact) mass is 458 g/mol. The Balaban J connectivity index is 1.76. The third-order valence-corrected chi connectivity index (χ3v) is 5.05. The van der Waals surface area contributed by atoms with Gasteiger partial charge in [-0.25, -0.2) is 4.79 Å². The second kappa shape index (κ2) is 9.00. The number of halogens is 1. The van der Waals surface area contributed by atoms with E-state index in [1.54, 1.807) is 32.4 Å². The van der Waals surface area contributed by atoms with Gasteiger partial charge in [0.2, 0.25) is 0 Å². The standard InChI is InChI=1S/C21H23BrN4O3/c1-13-20(14(2)26(25-13)12-15-5-7-16(22)8-6-15)24-21(27)23-18-11-17(28-3)9-10-19(18)29-4/h5-11H,12H2,1-4H3,(H2,23,24,27). The number of carbonyl (C=O) groups excluding carboxylic acids is 1. The van der Waals surface area contributed by atoms with Crippen LogP contribution in [-0.2, 0) is 6.54 Å². The predicted octanol–water partition coefficient (Wildman–Crippen LogP) is 4.97. The fourth-order valence-electron chi connectivity index (χ4n) is 2.97. The second-order valence-corrected chi connectivity index (χ2v) is 7.39. The smallest absolute Gasteiger partial charge is 0.323 e. The van der Waals surface area contributed by atoms with Crippen molar-refractivity contribution in [1.29, 1.82) is 0 Å². The van der Waals surface area contributed by atoms with Crippen molar-refractivity contribution in [3.63, 3.8) is 0 Å². The summed E-state index contributed by atoms with van der Waals surface area (Å²) in [5.74, 6) is 1.16. The molecule has 152 valence electrons. The average Bonchev–Trinajstić information content (AvgIpc) is 2.97. The molecule has 7 nitrogen and oxygen atoms in total. The van der Waals surface area contributed by atoms with Crippen LogP contribution >= 0.6 is 15.9 Å². The van der Waals surface area contributed by atoms with Crippen LogP contribution in [-0.4, -0.2) is 30.0 Å². The number of urea groups is 1. The zero-order valence-corrected chi connectivity index (χ0v) is 18.3. The van der Waals surface area contributed by atoms with Crippen molar-refractivity contribution >= 4 is 33.3 Å². The summed E-state index contributed by atoms with van der Waals surface area (Å²) in [6.45, 7) is 4.42. The molecule has 2 N–H and O–H groups in total. The molecule has 0 aliphatic rings. The lowest BCUT2D eigenvalue weighted by Gasteiger charge is -2.13. The van der Waals surface area contributed by atoms with Gasteiger partial charge >= 0.3 is 6.03 Å². The first-order chi connectivity index (χ1) is 13.9. The van der Waals surface area contributed by atoms with E-state index in [1.165, 1.54) is 0 Å². The van der Waals surface area contributed by atoms with Gasteiger partial charge in [-0.15, -0.1) is 0 Å². The van der Waals surface area contributed by atoms with E-state index in [4.69, 9.17) is 9.47 Å². The first-order valence-corrected chi connectivity index (χ1v) is 9.79. The lowest BCUT2D eigenvalue weighted by atomic mass is 10.2. The Morgan fingerprint density at radius 3 is 2.45 bits per heavy atom. The van der Waals surface area contributed by atoms with Gasteiger partial charge in [-0.1, -0.05) is 28.1 Å². The summed E-state index contributed by atoms with van der Waals surface area (Å²) in [5.41, 5.74) is 3.94. The highest BCUT2D eigenvalue weighted by Gasteiger charge is 2.16. The van der Waals surface area contributed by atoms with E-state index in [2.05, 4.69) is 31.7 Å². The highest BCUT2D eigenvalue weighted by atomic mass is 79.9. The van der Waals surface area contributed by atoms with Gasteiger partial charge in [0, 0.05) is 10.5 Å². The van der Waals surface area contributed by atoms with E-state index < -0.39 is 0 Å². The lowest BCUT2D eigenvalue weighted by Crippen LogP contribution is -2.20. The molecule has 3 aromatic rings. The Kier molecular flexibility index (Phi) is 6.43. The molecular weight excluding hydrogens is 436 g/mol. The van der Waals surface area contributed by atoms with Gasteiger partial charge in [-0.3, -0.25) is 4.68 Å². The van der Waals surface area contributed by atoms with E-state index in [-0.39, 0.29) is 6.03 Å². The maximum atomic E-state index is 12.6. The van der Waals surface area contributed by atoms with Gasteiger partial charge in [0.25, 0.3) is 0 Å². The van der Waals surface area contributed by atoms with Crippen molar-refractivity contribution in [3.05, 3.63) is 63.9 Å². The van der Waals surface area contributed by atoms with E-state index in [9.17, 15) is 4.79 Å². The van der Waals surface area contributed by atoms with Crippen molar-refractivity contribution < 1.29 is 14.3 Å². The number of aromatic nitrogens is 2. The van der Waals surface area contributed by atoms with Crippen LogP contribution in [0.15, 0.2) is 46.9 Å². The number of nitrogens with one attached hydrogen (secondary N) is 2. The Labute approximate surface area is 178 Å². The third-order valence-electron chi connectivity index (χ3n) is 4.52. The van der Waals surface area contributed by atoms with Crippen LogP contribution in [0, 0.1) is 13.8 Å². The number of nitrogens with zero attached hydrogens (tertiary/aromatic N) is 2. The topological polar surface area (TPSA) is 77.4 Å². The fourth-order valence-corrected chi connectivity index (χ4v) is 3.24. The predicted molar refractivity (Wildman–Crippen MR) is 117 cm³/mol. The number of hydrogen-bond donors (Lipinski definition) is 2. The molecule has 3 rings (SSSR count). The molecule has 0 bridgehead atoms. The number of carbonyl (C=O) groups is 1. The molecule has 2 aromatic carbocycles. The Morgan fingerprint density at radius 2 is 1.79 bits per heavy atom. The van der Waals surface area contributed by atoms with Crippen LogP contribution in [0.25, 0.3) is 0 Å². The van der Waals surface area contributed by atoms with E-state index in [1.807, 2.05) is 42.8 Å². The lowest BCUT2D eigenvalue weighted by molar-refractivity contribution is 0.262. The Hall–Kier alpha value is -3.00.